The number of nitrogens with one attached hydrogen (secondary N) is 1. The summed E-state index contributed by atoms with van der Waals surface area (Å²) >= 11 is 0. The van der Waals surface area contributed by atoms with Gasteiger partial charge >= 0.3 is 0 Å². The van der Waals surface area contributed by atoms with Gasteiger partial charge in [-0.3, -0.25) is 4.79 Å². The molecule has 0 aromatic heterocycles. The van der Waals surface area contributed by atoms with Crippen LogP contribution in [0.3, 0.4) is 0 Å². The first-order valence-electron chi connectivity index (χ1n) is 5.57. The number of amides is 1. The van der Waals surface area contributed by atoms with Crippen LogP contribution in [-0.4, -0.2) is 32.2 Å². The van der Waals surface area contributed by atoms with E-state index >= 15 is 0 Å². The molecule has 1 aromatic carbocycles. The molecule has 0 unspecified atom stereocenters. The number of ether oxygens (including phenoxy) is 2. The summed E-state index contributed by atoms with van der Waals surface area (Å²) in [5.41, 5.74) is 4.99. The molecule has 1 aromatic rings. The summed E-state index contributed by atoms with van der Waals surface area (Å²) in [6.07, 6.45) is 0. The van der Waals surface area contributed by atoms with Gasteiger partial charge in [-0.1, -0.05) is 12.1 Å². The van der Waals surface area contributed by atoms with E-state index in [1.165, 1.54) is 0 Å². The van der Waals surface area contributed by atoms with E-state index in [9.17, 15) is 4.79 Å². The third-order valence-corrected chi connectivity index (χ3v) is 1.98. The minimum absolute atomic E-state index is 0.163. The molecule has 0 aliphatic carbocycles. The van der Waals surface area contributed by atoms with Gasteiger partial charge in [-0.25, -0.2) is 0 Å². The summed E-state index contributed by atoms with van der Waals surface area (Å²) in [5.74, 6) is 1.06. The maximum atomic E-state index is 10.5. The summed E-state index contributed by atoms with van der Waals surface area (Å²) in [5, 5.41) is 2.87. The van der Waals surface area contributed by atoms with E-state index in [1.54, 1.807) is 0 Å². The van der Waals surface area contributed by atoms with E-state index in [0.29, 0.717) is 25.5 Å². The Bertz CT molecular complexity index is 355. The third kappa shape index (κ3) is 5.21. The van der Waals surface area contributed by atoms with Crippen molar-refractivity contribution in [3.05, 3.63) is 24.3 Å². The lowest BCUT2D eigenvalue weighted by Gasteiger charge is -2.11. The Labute approximate surface area is 101 Å². The second kappa shape index (κ2) is 7.51. The van der Waals surface area contributed by atoms with Gasteiger partial charge in [-0.2, -0.15) is 0 Å². The highest BCUT2D eigenvalue weighted by Crippen LogP contribution is 2.25. The molecule has 0 spiro atoms. The predicted octanol–water partition coefficient (Wildman–Crippen LogP) is 0.539. The fourth-order valence-electron chi connectivity index (χ4n) is 1.29. The van der Waals surface area contributed by atoms with Crippen molar-refractivity contribution in [2.24, 2.45) is 5.73 Å². The predicted molar refractivity (Wildman–Crippen MR) is 65.2 cm³/mol. The number of nitrogens with two attached hydrogens (primary N) is 1. The lowest BCUT2D eigenvalue weighted by Crippen LogP contribution is -2.31. The van der Waals surface area contributed by atoms with Gasteiger partial charge < -0.3 is 20.5 Å². The third-order valence-electron chi connectivity index (χ3n) is 1.98. The van der Waals surface area contributed by atoms with Crippen LogP contribution >= 0.6 is 0 Å². The largest absolute Gasteiger partial charge is 0.490 e. The molecule has 5 heteroatoms. The quantitative estimate of drug-likeness (QED) is 0.648. The van der Waals surface area contributed by atoms with Gasteiger partial charge in [0.15, 0.2) is 11.5 Å². The molecule has 5 nitrogen and oxygen atoms in total. The van der Waals surface area contributed by atoms with Crippen molar-refractivity contribution in [2.45, 2.75) is 6.92 Å². The van der Waals surface area contributed by atoms with E-state index in [0.717, 1.165) is 5.75 Å². The fourth-order valence-corrected chi connectivity index (χ4v) is 1.29. The van der Waals surface area contributed by atoms with E-state index < -0.39 is 0 Å². The Morgan fingerprint density at radius 2 is 1.94 bits per heavy atom. The maximum absolute atomic E-state index is 10.5. The number of carbonyl (C=O) groups excluding carboxylic acids is 1. The number of hydrogen-bond donors (Lipinski definition) is 2. The van der Waals surface area contributed by atoms with Crippen molar-refractivity contribution >= 4 is 5.91 Å². The first kappa shape index (κ1) is 13.3. The Morgan fingerprint density at radius 3 is 2.53 bits per heavy atom. The zero-order valence-electron chi connectivity index (χ0n) is 9.94. The normalized spacial score (nSPS) is 9.94. The molecule has 0 aliphatic rings. The van der Waals surface area contributed by atoms with Crippen molar-refractivity contribution in [2.75, 3.05) is 26.3 Å². The first-order chi connectivity index (χ1) is 8.24. The molecule has 0 saturated carbocycles. The van der Waals surface area contributed by atoms with Crippen LogP contribution in [-0.2, 0) is 4.79 Å². The highest BCUT2D eigenvalue weighted by atomic mass is 16.5. The monoisotopic (exact) mass is 238 g/mol. The van der Waals surface area contributed by atoms with Gasteiger partial charge in [-0.15, -0.1) is 0 Å². The number of primary amides is 1. The average Bonchev–Trinajstić information content (AvgIpc) is 2.31. The molecule has 94 valence electrons. The molecule has 17 heavy (non-hydrogen) atoms. The van der Waals surface area contributed by atoms with Gasteiger partial charge in [0.2, 0.25) is 5.91 Å². The molecule has 1 amide bonds. The number of hydrogen-bond acceptors (Lipinski definition) is 4. The van der Waals surface area contributed by atoms with Crippen LogP contribution in [0, 0.1) is 0 Å². The number of para-hydroxylation sites is 2. The average molecular weight is 238 g/mol. The van der Waals surface area contributed by atoms with Gasteiger partial charge in [0.25, 0.3) is 0 Å². The van der Waals surface area contributed by atoms with E-state index in [-0.39, 0.29) is 12.5 Å². The molecule has 0 radical (unpaired) electrons. The summed E-state index contributed by atoms with van der Waals surface area (Å²) in [6, 6.07) is 7.48. The summed E-state index contributed by atoms with van der Waals surface area (Å²) in [6.45, 7) is 3.70. The van der Waals surface area contributed by atoms with Crippen molar-refractivity contribution in [1.29, 1.82) is 0 Å². The zero-order valence-corrected chi connectivity index (χ0v) is 9.94. The second-order valence-corrected chi connectivity index (χ2v) is 3.37. The minimum atomic E-state index is -0.375. The summed E-state index contributed by atoms with van der Waals surface area (Å²) in [7, 11) is 0. The van der Waals surface area contributed by atoms with E-state index in [4.69, 9.17) is 15.2 Å². The maximum Gasteiger partial charge on any atom is 0.231 e. The molecular weight excluding hydrogens is 220 g/mol. The van der Waals surface area contributed by atoms with Crippen LogP contribution in [0.25, 0.3) is 0 Å². The van der Waals surface area contributed by atoms with Crippen LogP contribution in [0.1, 0.15) is 6.92 Å². The van der Waals surface area contributed by atoms with Crippen molar-refractivity contribution in [3.63, 3.8) is 0 Å². The Morgan fingerprint density at radius 1 is 1.29 bits per heavy atom. The smallest absolute Gasteiger partial charge is 0.231 e. The lowest BCUT2D eigenvalue weighted by molar-refractivity contribution is -0.117. The van der Waals surface area contributed by atoms with Gasteiger partial charge in [0.05, 0.1) is 13.2 Å². The van der Waals surface area contributed by atoms with Crippen molar-refractivity contribution in [3.8, 4) is 11.5 Å². The van der Waals surface area contributed by atoms with Gasteiger partial charge in [0.1, 0.15) is 6.61 Å². The number of rotatable bonds is 8. The zero-order chi connectivity index (χ0) is 12.5. The van der Waals surface area contributed by atoms with Gasteiger partial charge in [-0.05, 0) is 19.1 Å². The van der Waals surface area contributed by atoms with E-state index in [1.807, 2.05) is 31.2 Å². The highest BCUT2D eigenvalue weighted by molar-refractivity contribution is 5.75. The molecule has 0 atom stereocenters. The van der Waals surface area contributed by atoms with Crippen LogP contribution in [0.5, 0.6) is 11.5 Å². The minimum Gasteiger partial charge on any atom is -0.490 e. The lowest BCUT2D eigenvalue weighted by atomic mass is 10.3. The molecule has 0 saturated heterocycles. The van der Waals surface area contributed by atoms with Crippen LogP contribution < -0.4 is 20.5 Å². The Balaban J connectivity index is 2.33. The highest BCUT2D eigenvalue weighted by Gasteiger charge is 2.02. The SMILES string of the molecule is CCOc1ccccc1OCCNCC(N)=O. The second-order valence-electron chi connectivity index (χ2n) is 3.37. The summed E-state index contributed by atoms with van der Waals surface area (Å²) < 4.78 is 10.9. The Hall–Kier alpha value is -1.75. The standard InChI is InChI=1S/C12H18N2O3/c1-2-16-10-5-3-4-6-11(10)17-8-7-14-9-12(13)15/h3-6,14H,2,7-9H2,1H3,(H2,13,15). The number of carbonyl (C=O) groups is 1. The molecule has 0 heterocycles. The van der Waals surface area contributed by atoms with E-state index in [2.05, 4.69) is 5.32 Å². The van der Waals surface area contributed by atoms with Gasteiger partial charge in [0, 0.05) is 6.54 Å². The molecular formula is C12H18N2O3. The molecule has 1 rings (SSSR count). The number of benzene rings is 1. The van der Waals surface area contributed by atoms with Crippen LogP contribution in [0.2, 0.25) is 0 Å². The molecule has 0 aliphatic heterocycles. The molecule has 0 fully saturated rings. The first-order valence-corrected chi connectivity index (χ1v) is 5.57. The summed E-state index contributed by atoms with van der Waals surface area (Å²) in [4.78, 5) is 10.5. The van der Waals surface area contributed by atoms with Crippen molar-refractivity contribution < 1.29 is 14.3 Å². The van der Waals surface area contributed by atoms with Crippen LogP contribution in [0.4, 0.5) is 0 Å². The van der Waals surface area contributed by atoms with Crippen molar-refractivity contribution in [1.82, 2.24) is 5.32 Å². The Kier molecular flexibility index (Phi) is 5.88. The fraction of sp³-hybridized carbons (Fsp3) is 0.417. The topological polar surface area (TPSA) is 73.6 Å². The molecule has 3 N–H and O–H groups in total. The van der Waals surface area contributed by atoms with Crippen LogP contribution in [0.15, 0.2) is 24.3 Å². The molecule has 0 bridgehead atoms.